The molecule has 0 radical (unpaired) electrons. The SMILES string of the molecule is C=C(C)[C@H]1CC[C@H](C)[C@H]2CCC(C)=C2C1. The zero-order valence-electron chi connectivity index (χ0n) is 10.5. The fraction of sp³-hybridized carbons (Fsp3) is 0.733. The smallest absolute Gasteiger partial charge is 0.0171 e. The third-order valence-electron chi connectivity index (χ3n) is 4.65. The van der Waals surface area contributed by atoms with E-state index in [0.717, 1.165) is 17.8 Å². The van der Waals surface area contributed by atoms with E-state index in [1.54, 1.807) is 11.1 Å². The van der Waals surface area contributed by atoms with Crippen LogP contribution in [0.4, 0.5) is 0 Å². The maximum Gasteiger partial charge on any atom is -0.0171 e. The highest BCUT2D eigenvalue weighted by atomic mass is 14.4. The van der Waals surface area contributed by atoms with Gasteiger partial charge in [-0.25, -0.2) is 0 Å². The molecule has 0 heterocycles. The highest BCUT2D eigenvalue weighted by molar-refractivity contribution is 5.25. The van der Waals surface area contributed by atoms with Gasteiger partial charge in [-0.1, -0.05) is 30.2 Å². The van der Waals surface area contributed by atoms with Crippen LogP contribution in [0.1, 0.15) is 52.9 Å². The summed E-state index contributed by atoms with van der Waals surface area (Å²) in [4.78, 5) is 0. The molecule has 0 unspecified atom stereocenters. The molecule has 0 aromatic heterocycles. The second kappa shape index (κ2) is 4.15. The molecule has 84 valence electrons. The van der Waals surface area contributed by atoms with E-state index in [4.69, 9.17) is 0 Å². The Bertz CT molecular complexity index is 295. The lowest BCUT2D eigenvalue weighted by Crippen LogP contribution is -2.08. The van der Waals surface area contributed by atoms with E-state index in [1.165, 1.54) is 37.7 Å². The molecule has 1 saturated carbocycles. The van der Waals surface area contributed by atoms with Gasteiger partial charge >= 0.3 is 0 Å². The Labute approximate surface area is 94.5 Å². The van der Waals surface area contributed by atoms with Gasteiger partial charge in [-0.3, -0.25) is 0 Å². The van der Waals surface area contributed by atoms with Crippen molar-refractivity contribution in [1.82, 2.24) is 0 Å². The van der Waals surface area contributed by atoms with Crippen molar-refractivity contribution in [2.45, 2.75) is 52.9 Å². The largest absolute Gasteiger partial charge is 0.0998 e. The molecular weight excluding hydrogens is 180 g/mol. The van der Waals surface area contributed by atoms with Gasteiger partial charge in [0, 0.05) is 0 Å². The van der Waals surface area contributed by atoms with Crippen LogP contribution in [-0.2, 0) is 0 Å². The summed E-state index contributed by atoms with van der Waals surface area (Å²) >= 11 is 0. The lowest BCUT2D eigenvalue weighted by molar-refractivity contribution is 0.385. The molecule has 2 aliphatic carbocycles. The minimum absolute atomic E-state index is 0.764. The van der Waals surface area contributed by atoms with Gasteiger partial charge in [-0.2, -0.15) is 0 Å². The molecular formula is C15H24. The first kappa shape index (κ1) is 11.0. The number of fused-ring (bicyclic) bond motifs is 1. The van der Waals surface area contributed by atoms with Crippen LogP contribution in [0.3, 0.4) is 0 Å². The van der Waals surface area contributed by atoms with Gasteiger partial charge in [-0.15, -0.1) is 0 Å². The van der Waals surface area contributed by atoms with E-state index in [0.29, 0.717) is 0 Å². The number of hydrogen-bond donors (Lipinski definition) is 0. The average molecular weight is 204 g/mol. The van der Waals surface area contributed by atoms with E-state index in [1.807, 2.05) is 0 Å². The van der Waals surface area contributed by atoms with Crippen LogP contribution in [0.2, 0.25) is 0 Å². The fourth-order valence-corrected chi connectivity index (χ4v) is 3.43. The van der Waals surface area contributed by atoms with Crippen LogP contribution in [0.25, 0.3) is 0 Å². The molecule has 2 rings (SSSR count). The van der Waals surface area contributed by atoms with Crippen molar-refractivity contribution < 1.29 is 0 Å². The van der Waals surface area contributed by atoms with E-state index in [-0.39, 0.29) is 0 Å². The van der Waals surface area contributed by atoms with Crippen LogP contribution in [0.15, 0.2) is 23.3 Å². The van der Waals surface area contributed by atoms with Crippen LogP contribution in [0, 0.1) is 17.8 Å². The normalized spacial score (nSPS) is 36.3. The summed E-state index contributed by atoms with van der Waals surface area (Å²) in [5, 5.41) is 0. The Morgan fingerprint density at radius 1 is 1.27 bits per heavy atom. The van der Waals surface area contributed by atoms with Crippen molar-refractivity contribution in [2.75, 3.05) is 0 Å². The summed E-state index contributed by atoms with van der Waals surface area (Å²) in [5.74, 6) is 2.58. The monoisotopic (exact) mass is 204 g/mol. The molecule has 3 atom stereocenters. The lowest BCUT2D eigenvalue weighted by atomic mass is 9.86. The summed E-state index contributed by atoms with van der Waals surface area (Å²) in [6, 6.07) is 0. The molecule has 0 aliphatic heterocycles. The second-order valence-corrected chi connectivity index (χ2v) is 5.75. The van der Waals surface area contributed by atoms with Crippen LogP contribution in [0.5, 0.6) is 0 Å². The van der Waals surface area contributed by atoms with Crippen molar-refractivity contribution in [2.24, 2.45) is 17.8 Å². The summed E-state index contributed by atoms with van der Waals surface area (Å²) in [7, 11) is 0. The summed E-state index contributed by atoms with van der Waals surface area (Å²) in [5.41, 5.74) is 4.89. The first-order chi connectivity index (χ1) is 7.09. The third-order valence-corrected chi connectivity index (χ3v) is 4.65. The summed E-state index contributed by atoms with van der Waals surface area (Å²) < 4.78 is 0. The van der Waals surface area contributed by atoms with Crippen molar-refractivity contribution in [3.8, 4) is 0 Å². The molecule has 0 N–H and O–H groups in total. The fourth-order valence-electron chi connectivity index (χ4n) is 3.43. The quantitative estimate of drug-likeness (QED) is 0.542. The number of rotatable bonds is 1. The highest BCUT2D eigenvalue weighted by Crippen LogP contribution is 2.46. The molecule has 2 aliphatic rings. The van der Waals surface area contributed by atoms with Gasteiger partial charge in [0.1, 0.15) is 0 Å². The molecule has 15 heavy (non-hydrogen) atoms. The van der Waals surface area contributed by atoms with E-state index < -0.39 is 0 Å². The average Bonchev–Trinajstić information content (AvgIpc) is 2.43. The van der Waals surface area contributed by atoms with Crippen LogP contribution >= 0.6 is 0 Å². The number of hydrogen-bond acceptors (Lipinski definition) is 0. The van der Waals surface area contributed by atoms with E-state index >= 15 is 0 Å². The zero-order chi connectivity index (χ0) is 11.0. The van der Waals surface area contributed by atoms with Crippen molar-refractivity contribution in [3.63, 3.8) is 0 Å². The molecule has 0 aromatic carbocycles. The van der Waals surface area contributed by atoms with E-state index in [2.05, 4.69) is 27.4 Å². The Morgan fingerprint density at radius 2 is 2.00 bits per heavy atom. The minimum Gasteiger partial charge on any atom is -0.0998 e. The standard InChI is InChI=1S/C15H24/c1-10(2)13-7-5-11(3)14-8-6-12(4)15(14)9-13/h11,13-14H,1,5-9H2,2-4H3/t11-,13-,14+/m0/s1. The van der Waals surface area contributed by atoms with Gasteiger partial charge in [0.25, 0.3) is 0 Å². The van der Waals surface area contributed by atoms with Crippen molar-refractivity contribution in [1.29, 1.82) is 0 Å². The predicted octanol–water partition coefficient (Wildman–Crippen LogP) is 4.73. The Kier molecular flexibility index (Phi) is 3.04. The zero-order valence-corrected chi connectivity index (χ0v) is 10.5. The third kappa shape index (κ3) is 2.04. The van der Waals surface area contributed by atoms with Crippen LogP contribution in [-0.4, -0.2) is 0 Å². The number of allylic oxidation sites excluding steroid dienone is 3. The maximum atomic E-state index is 4.16. The summed E-state index contributed by atoms with van der Waals surface area (Å²) in [6.45, 7) is 11.2. The molecule has 0 heteroatoms. The minimum atomic E-state index is 0.764. The first-order valence-electron chi connectivity index (χ1n) is 6.43. The van der Waals surface area contributed by atoms with Gasteiger partial charge in [0.05, 0.1) is 0 Å². The Morgan fingerprint density at radius 3 is 2.67 bits per heavy atom. The lowest BCUT2D eigenvalue weighted by Gasteiger charge is -2.19. The van der Waals surface area contributed by atoms with Crippen molar-refractivity contribution in [3.05, 3.63) is 23.3 Å². The topological polar surface area (TPSA) is 0 Å². The van der Waals surface area contributed by atoms with Crippen LogP contribution < -0.4 is 0 Å². The molecule has 0 nitrogen and oxygen atoms in total. The van der Waals surface area contributed by atoms with Gasteiger partial charge in [0.2, 0.25) is 0 Å². The molecule has 0 bridgehead atoms. The van der Waals surface area contributed by atoms with Gasteiger partial charge < -0.3 is 0 Å². The van der Waals surface area contributed by atoms with E-state index in [9.17, 15) is 0 Å². The van der Waals surface area contributed by atoms with Gasteiger partial charge in [-0.05, 0) is 63.7 Å². The Hall–Kier alpha value is -0.520. The Balaban J connectivity index is 2.23. The molecule has 0 saturated heterocycles. The highest BCUT2D eigenvalue weighted by Gasteiger charge is 2.32. The predicted molar refractivity (Wildman–Crippen MR) is 66.7 cm³/mol. The molecule has 0 spiro atoms. The van der Waals surface area contributed by atoms with Crippen molar-refractivity contribution >= 4 is 0 Å². The molecule has 1 fully saturated rings. The summed E-state index contributed by atoms with van der Waals surface area (Å²) in [6.07, 6.45) is 6.86. The first-order valence-corrected chi connectivity index (χ1v) is 6.43. The second-order valence-electron chi connectivity index (χ2n) is 5.75. The maximum absolute atomic E-state index is 4.16. The molecule has 0 amide bonds. The molecule has 0 aromatic rings. The van der Waals surface area contributed by atoms with Gasteiger partial charge in [0.15, 0.2) is 0 Å².